The number of rotatable bonds is 6. The van der Waals surface area contributed by atoms with Crippen molar-refractivity contribution in [3.8, 4) is 0 Å². The summed E-state index contributed by atoms with van der Waals surface area (Å²) in [5.74, 6) is -1.61. The second kappa shape index (κ2) is 8.88. The predicted molar refractivity (Wildman–Crippen MR) is 133 cm³/mol. The smallest absolute Gasteiger partial charge is 0.296 e. The number of nitrogens with zero attached hydrogens (tertiary/aromatic N) is 3. The van der Waals surface area contributed by atoms with Gasteiger partial charge in [-0.3, -0.25) is 19.3 Å². The van der Waals surface area contributed by atoms with Crippen LogP contribution in [0.15, 0.2) is 35.6 Å². The molecule has 1 atom stereocenters. The van der Waals surface area contributed by atoms with Crippen LogP contribution in [0.25, 0.3) is 0 Å². The van der Waals surface area contributed by atoms with Gasteiger partial charge in [-0.05, 0) is 37.8 Å². The molecule has 1 aliphatic rings. The number of ketones is 2. The minimum atomic E-state index is -0.881. The number of amides is 1. The summed E-state index contributed by atoms with van der Waals surface area (Å²) in [6.07, 6.45) is 0. The number of carbonyl (C=O) groups excluding carboxylic acids is 3. The van der Waals surface area contributed by atoms with Gasteiger partial charge in [0.05, 0.1) is 37.8 Å². The molecule has 1 amide bonds. The molecular formula is C25H25N3O4S2. The largest absolute Gasteiger partial charge is 0.503 e. The van der Waals surface area contributed by atoms with E-state index >= 15 is 0 Å². The molecule has 176 valence electrons. The molecule has 1 unspecified atom stereocenters. The highest BCUT2D eigenvalue weighted by Crippen LogP contribution is 2.44. The quantitative estimate of drug-likeness (QED) is 0.445. The van der Waals surface area contributed by atoms with Crippen LogP contribution < -0.4 is 4.90 Å². The Balaban J connectivity index is 1.89. The molecule has 3 heterocycles. The van der Waals surface area contributed by atoms with Crippen LogP contribution in [-0.4, -0.2) is 32.5 Å². The van der Waals surface area contributed by atoms with Crippen LogP contribution in [-0.2, 0) is 4.79 Å². The van der Waals surface area contributed by atoms with Gasteiger partial charge in [0.25, 0.3) is 5.91 Å². The molecule has 0 saturated carbocycles. The molecule has 0 saturated heterocycles. The molecule has 3 aromatic rings. The fraction of sp³-hybridized carbons (Fsp3) is 0.320. The first-order chi connectivity index (χ1) is 16.0. The number of aryl methyl sites for hydroxylation is 3. The van der Waals surface area contributed by atoms with Crippen LogP contribution in [0.5, 0.6) is 0 Å². The third-order valence-electron chi connectivity index (χ3n) is 5.79. The molecule has 2 aromatic heterocycles. The minimum absolute atomic E-state index is 0.00808. The number of thiazole rings is 2. The Morgan fingerprint density at radius 2 is 1.62 bits per heavy atom. The molecule has 4 rings (SSSR count). The van der Waals surface area contributed by atoms with Crippen LogP contribution >= 0.6 is 22.7 Å². The molecule has 0 spiro atoms. The maximum Gasteiger partial charge on any atom is 0.296 e. The van der Waals surface area contributed by atoms with Gasteiger partial charge in [0.2, 0.25) is 5.78 Å². The van der Waals surface area contributed by atoms with E-state index in [1.807, 2.05) is 24.3 Å². The molecule has 9 heteroatoms. The molecule has 0 bridgehead atoms. The Morgan fingerprint density at radius 1 is 1.00 bits per heavy atom. The fourth-order valence-corrected chi connectivity index (χ4v) is 5.95. The number of carbonyl (C=O) groups is 3. The molecule has 0 fully saturated rings. The zero-order valence-electron chi connectivity index (χ0n) is 19.8. The van der Waals surface area contributed by atoms with Gasteiger partial charge in [-0.15, -0.1) is 11.3 Å². The van der Waals surface area contributed by atoms with Gasteiger partial charge in [-0.25, -0.2) is 9.97 Å². The van der Waals surface area contributed by atoms with Gasteiger partial charge in [0, 0.05) is 6.92 Å². The number of hydrogen-bond acceptors (Lipinski definition) is 8. The number of aliphatic hydroxyl groups is 1. The first kappa shape index (κ1) is 24.0. The van der Waals surface area contributed by atoms with Crippen LogP contribution in [0.2, 0.25) is 0 Å². The maximum atomic E-state index is 13.7. The van der Waals surface area contributed by atoms with E-state index in [1.165, 1.54) is 23.2 Å². The van der Waals surface area contributed by atoms with E-state index in [0.717, 1.165) is 21.9 Å². The Hall–Kier alpha value is -3.17. The molecule has 0 aliphatic carbocycles. The number of aliphatic hydroxyl groups excluding tert-OH is 1. The zero-order valence-corrected chi connectivity index (χ0v) is 21.4. The summed E-state index contributed by atoms with van der Waals surface area (Å²) in [6, 6.07) is 6.76. The van der Waals surface area contributed by atoms with Crippen LogP contribution in [0.3, 0.4) is 0 Å². The lowest BCUT2D eigenvalue weighted by Gasteiger charge is -2.24. The van der Waals surface area contributed by atoms with Crippen molar-refractivity contribution < 1.29 is 19.5 Å². The fourth-order valence-electron chi connectivity index (χ4n) is 4.09. The van der Waals surface area contributed by atoms with Crippen LogP contribution in [0, 0.1) is 20.8 Å². The summed E-state index contributed by atoms with van der Waals surface area (Å²) in [5.41, 5.74) is 2.82. The van der Waals surface area contributed by atoms with E-state index < -0.39 is 23.5 Å². The average molecular weight is 496 g/mol. The van der Waals surface area contributed by atoms with Crippen molar-refractivity contribution in [2.75, 3.05) is 4.90 Å². The van der Waals surface area contributed by atoms with Crippen molar-refractivity contribution in [1.29, 1.82) is 0 Å². The second-order valence-corrected chi connectivity index (χ2v) is 10.8. The highest BCUT2D eigenvalue weighted by molar-refractivity contribution is 7.17. The highest BCUT2D eigenvalue weighted by atomic mass is 32.1. The van der Waals surface area contributed by atoms with Gasteiger partial charge < -0.3 is 5.11 Å². The highest BCUT2D eigenvalue weighted by Gasteiger charge is 2.46. The van der Waals surface area contributed by atoms with Crippen molar-refractivity contribution >= 4 is 45.3 Å². The van der Waals surface area contributed by atoms with Crippen LogP contribution in [0.4, 0.5) is 5.13 Å². The second-order valence-electron chi connectivity index (χ2n) is 8.61. The minimum Gasteiger partial charge on any atom is -0.503 e. The lowest BCUT2D eigenvalue weighted by Crippen LogP contribution is -2.31. The normalized spacial score (nSPS) is 16.1. The lowest BCUT2D eigenvalue weighted by molar-refractivity contribution is -0.117. The molecule has 1 N–H and O–H groups in total. The SMILES string of the molecule is CC(=O)c1sc(N2C(=O)C(O)=C(C(=O)c3sc(C)nc3C)C2c2ccc(C(C)C)cc2)nc1C. The lowest BCUT2D eigenvalue weighted by atomic mass is 9.93. The third-order valence-corrected chi connectivity index (χ3v) is 8.12. The monoisotopic (exact) mass is 495 g/mol. The molecule has 1 aromatic carbocycles. The van der Waals surface area contributed by atoms with E-state index in [-0.39, 0.29) is 16.5 Å². The van der Waals surface area contributed by atoms with Gasteiger partial charge >= 0.3 is 0 Å². The maximum absolute atomic E-state index is 13.7. The van der Waals surface area contributed by atoms with Gasteiger partial charge in [-0.1, -0.05) is 49.4 Å². The number of Topliss-reactive ketones (excluding diaryl/α,β-unsaturated/α-hetero) is 2. The average Bonchev–Trinajstić information content (AvgIpc) is 3.41. The Bertz CT molecular complexity index is 1350. The molecule has 34 heavy (non-hydrogen) atoms. The number of hydrogen-bond donors (Lipinski definition) is 1. The summed E-state index contributed by atoms with van der Waals surface area (Å²) < 4.78 is 0. The number of anilines is 1. The molecular weight excluding hydrogens is 470 g/mol. The summed E-state index contributed by atoms with van der Waals surface area (Å²) in [6.45, 7) is 10.8. The van der Waals surface area contributed by atoms with Crippen LogP contribution in [0.1, 0.15) is 79.6 Å². The summed E-state index contributed by atoms with van der Waals surface area (Å²) in [5, 5.41) is 11.9. The summed E-state index contributed by atoms with van der Waals surface area (Å²) in [7, 11) is 0. The molecule has 1 aliphatic heterocycles. The number of aromatic nitrogens is 2. The summed E-state index contributed by atoms with van der Waals surface area (Å²) >= 11 is 2.31. The van der Waals surface area contributed by atoms with Gasteiger partial charge in [-0.2, -0.15) is 0 Å². The topological polar surface area (TPSA) is 100 Å². The van der Waals surface area contributed by atoms with Crippen molar-refractivity contribution in [3.63, 3.8) is 0 Å². The Morgan fingerprint density at radius 3 is 2.12 bits per heavy atom. The van der Waals surface area contributed by atoms with Crippen molar-refractivity contribution in [2.24, 2.45) is 0 Å². The Labute approximate surface area is 205 Å². The summed E-state index contributed by atoms with van der Waals surface area (Å²) in [4.78, 5) is 49.9. The predicted octanol–water partition coefficient (Wildman–Crippen LogP) is 5.63. The van der Waals surface area contributed by atoms with Gasteiger partial charge in [0.1, 0.15) is 0 Å². The number of benzene rings is 1. The van der Waals surface area contributed by atoms with E-state index in [0.29, 0.717) is 32.6 Å². The first-order valence-electron chi connectivity index (χ1n) is 10.8. The molecule has 0 radical (unpaired) electrons. The van der Waals surface area contributed by atoms with Crippen molar-refractivity contribution in [2.45, 2.75) is 53.5 Å². The standard InChI is InChI=1S/C25H25N3O4S2/c1-11(2)16-7-9-17(10-8-16)19-18(20(30)23-13(4)26-15(6)33-23)21(31)24(32)28(19)25-27-12(3)22(34-25)14(5)29/h7-11,19,31H,1-6H3. The van der Waals surface area contributed by atoms with E-state index in [1.54, 1.807) is 20.8 Å². The van der Waals surface area contributed by atoms with E-state index in [4.69, 9.17) is 0 Å². The van der Waals surface area contributed by atoms with E-state index in [2.05, 4.69) is 23.8 Å². The Kier molecular flexibility index (Phi) is 6.26. The van der Waals surface area contributed by atoms with E-state index in [9.17, 15) is 19.5 Å². The van der Waals surface area contributed by atoms with Crippen molar-refractivity contribution in [3.05, 3.63) is 72.9 Å². The first-order valence-corrected chi connectivity index (χ1v) is 12.5. The third kappa shape index (κ3) is 3.99. The van der Waals surface area contributed by atoms with Crippen molar-refractivity contribution in [1.82, 2.24) is 9.97 Å². The van der Waals surface area contributed by atoms with Gasteiger partial charge in [0.15, 0.2) is 16.7 Å². The zero-order chi connectivity index (χ0) is 24.9. The molecule has 7 nitrogen and oxygen atoms in total.